The SMILES string of the molecule is Cc1cc(Cl)nc(Cl)c1NC1c2ccccc2CC1(C)C. The van der Waals surface area contributed by atoms with E-state index < -0.39 is 0 Å². The van der Waals surface area contributed by atoms with Crippen LogP contribution < -0.4 is 5.32 Å². The van der Waals surface area contributed by atoms with Crippen molar-refractivity contribution in [2.75, 3.05) is 5.32 Å². The fraction of sp³-hybridized carbons (Fsp3) is 0.353. The molecular weight excluding hydrogens is 303 g/mol. The third-order valence-electron chi connectivity index (χ3n) is 4.22. The second kappa shape index (κ2) is 5.19. The predicted octanol–water partition coefficient (Wildman–Crippen LogP) is 5.43. The van der Waals surface area contributed by atoms with Gasteiger partial charge in [-0.3, -0.25) is 0 Å². The van der Waals surface area contributed by atoms with Crippen molar-refractivity contribution in [1.82, 2.24) is 4.98 Å². The highest BCUT2D eigenvalue weighted by molar-refractivity contribution is 6.34. The van der Waals surface area contributed by atoms with Gasteiger partial charge in [0.15, 0.2) is 5.15 Å². The Morgan fingerprint density at radius 2 is 1.95 bits per heavy atom. The smallest absolute Gasteiger partial charge is 0.154 e. The van der Waals surface area contributed by atoms with Gasteiger partial charge in [0.25, 0.3) is 0 Å². The maximum atomic E-state index is 6.28. The Kier molecular flexibility index (Phi) is 3.62. The molecule has 1 aliphatic rings. The minimum Gasteiger partial charge on any atom is -0.375 e. The zero-order valence-electron chi connectivity index (χ0n) is 12.4. The molecule has 1 N–H and O–H groups in total. The summed E-state index contributed by atoms with van der Waals surface area (Å²) in [6.07, 6.45) is 1.05. The first-order valence-electron chi connectivity index (χ1n) is 7.05. The molecule has 1 aromatic carbocycles. The van der Waals surface area contributed by atoms with Crippen molar-refractivity contribution in [2.24, 2.45) is 5.41 Å². The molecule has 1 aliphatic carbocycles. The Balaban J connectivity index is 2.02. The molecule has 21 heavy (non-hydrogen) atoms. The molecule has 0 radical (unpaired) electrons. The topological polar surface area (TPSA) is 24.9 Å². The van der Waals surface area contributed by atoms with Gasteiger partial charge in [0.2, 0.25) is 0 Å². The molecule has 0 saturated heterocycles. The Morgan fingerprint density at radius 1 is 1.24 bits per heavy atom. The molecule has 1 heterocycles. The Morgan fingerprint density at radius 3 is 2.67 bits per heavy atom. The third-order valence-corrected chi connectivity index (χ3v) is 4.69. The first-order valence-corrected chi connectivity index (χ1v) is 7.81. The fourth-order valence-corrected chi connectivity index (χ4v) is 3.76. The van der Waals surface area contributed by atoms with E-state index in [1.807, 2.05) is 13.0 Å². The average Bonchev–Trinajstić information content (AvgIpc) is 2.63. The van der Waals surface area contributed by atoms with Gasteiger partial charge in [-0.05, 0) is 41.5 Å². The number of hydrogen-bond acceptors (Lipinski definition) is 2. The van der Waals surface area contributed by atoms with E-state index in [4.69, 9.17) is 23.2 Å². The van der Waals surface area contributed by atoms with Gasteiger partial charge in [-0.25, -0.2) is 4.98 Å². The maximum Gasteiger partial charge on any atom is 0.154 e. The molecule has 1 aromatic heterocycles. The summed E-state index contributed by atoms with van der Waals surface area (Å²) in [7, 11) is 0. The van der Waals surface area contributed by atoms with E-state index in [-0.39, 0.29) is 11.5 Å². The van der Waals surface area contributed by atoms with Gasteiger partial charge in [-0.2, -0.15) is 0 Å². The highest BCUT2D eigenvalue weighted by Gasteiger charge is 2.39. The van der Waals surface area contributed by atoms with Gasteiger partial charge in [-0.1, -0.05) is 61.3 Å². The van der Waals surface area contributed by atoms with Crippen molar-refractivity contribution in [2.45, 2.75) is 33.2 Å². The summed E-state index contributed by atoms with van der Waals surface area (Å²) < 4.78 is 0. The summed E-state index contributed by atoms with van der Waals surface area (Å²) >= 11 is 12.2. The van der Waals surface area contributed by atoms with Crippen LogP contribution in [0.25, 0.3) is 0 Å². The predicted molar refractivity (Wildman–Crippen MR) is 89.3 cm³/mol. The molecule has 1 unspecified atom stereocenters. The number of pyridine rings is 1. The van der Waals surface area contributed by atoms with Gasteiger partial charge >= 0.3 is 0 Å². The first kappa shape index (κ1) is 14.7. The van der Waals surface area contributed by atoms with Crippen LogP contribution in [-0.4, -0.2) is 4.98 Å². The quantitative estimate of drug-likeness (QED) is 0.746. The van der Waals surface area contributed by atoms with Gasteiger partial charge in [-0.15, -0.1) is 0 Å². The normalized spacial score (nSPS) is 19.4. The number of nitrogens with one attached hydrogen (secondary N) is 1. The molecule has 0 bridgehead atoms. The van der Waals surface area contributed by atoms with Crippen LogP contribution in [0.5, 0.6) is 0 Å². The van der Waals surface area contributed by atoms with Crippen molar-refractivity contribution < 1.29 is 0 Å². The molecule has 1 atom stereocenters. The fourth-order valence-electron chi connectivity index (χ4n) is 3.18. The summed E-state index contributed by atoms with van der Waals surface area (Å²) in [6, 6.07) is 10.6. The van der Waals surface area contributed by atoms with Crippen molar-refractivity contribution in [3.8, 4) is 0 Å². The number of halogens is 2. The molecule has 0 saturated carbocycles. The Labute approximate surface area is 135 Å². The van der Waals surface area contributed by atoms with Crippen LogP contribution in [0.15, 0.2) is 30.3 Å². The van der Waals surface area contributed by atoms with Crippen LogP contribution in [-0.2, 0) is 6.42 Å². The van der Waals surface area contributed by atoms with Gasteiger partial charge < -0.3 is 5.32 Å². The van der Waals surface area contributed by atoms with Gasteiger partial charge in [0.05, 0.1) is 11.7 Å². The molecule has 0 spiro atoms. The number of nitrogens with zero attached hydrogens (tertiary/aromatic N) is 1. The van der Waals surface area contributed by atoms with Crippen LogP contribution >= 0.6 is 23.2 Å². The zero-order valence-corrected chi connectivity index (χ0v) is 13.9. The van der Waals surface area contributed by atoms with Crippen molar-refractivity contribution in [3.63, 3.8) is 0 Å². The third kappa shape index (κ3) is 2.63. The molecule has 2 nitrogen and oxygen atoms in total. The second-order valence-electron chi connectivity index (χ2n) is 6.37. The van der Waals surface area contributed by atoms with E-state index in [2.05, 4.69) is 48.4 Å². The summed E-state index contributed by atoms with van der Waals surface area (Å²) in [5.74, 6) is 0. The molecule has 0 amide bonds. The number of anilines is 1. The molecule has 3 rings (SSSR count). The standard InChI is InChI=1S/C17H18Cl2N2/c1-10-8-13(18)20-16(19)14(10)21-15-12-7-5-4-6-11(12)9-17(15,2)3/h4-8,15,21H,9H2,1-3H3. The number of aryl methyl sites for hydroxylation is 1. The second-order valence-corrected chi connectivity index (χ2v) is 7.11. The van der Waals surface area contributed by atoms with Gasteiger partial charge in [0, 0.05) is 0 Å². The number of hydrogen-bond donors (Lipinski definition) is 1. The molecule has 4 heteroatoms. The van der Waals surface area contributed by atoms with E-state index in [9.17, 15) is 0 Å². The average molecular weight is 321 g/mol. The van der Waals surface area contributed by atoms with Crippen LogP contribution in [0.1, 0.15) is 36.6 Å². The molecule has 0 aliphatic heterocycles. The summed E-state index contributed by atoms with van der Waals surface area (Å²) in [4.78, 5) is 4.15. The van der Waals surface area contributed by atoms with Crippen LogP contribution in [0.2, 0.25) is 10.3 Å². The lowest BCUT2D eigenvalue weighted by Crippen LogP contribution is -2.25. The molecule has 0 fully saturated rings. The summed E-state index contributed by atoms with van der Waals surface area (Å²) in [5.41, 5.74) is 4.75. The molecule has 110 valence electrons. The Bertz CT molecular complexity index is 672. The van der Waals surface area contributed by atoms with E-state index in [1.165, 1.54) is 11.1 Å². The van der Waals surface area contributed by atoms with Crippen LogP contribution in [0.3, 0.4) is 0 Å². The number of benzene rings is 1. The Hall–Kier alpha value is -1.25. The minimum absolute atomic E-state index is 0.124. The van der Waals surface area contributed by atoms with Gasteiger partial charge in [0.1, 0.15) is 5.15 Å². The summed E-state index contributed by atoms with van der Waals surface area (Å²) in [5, 5.41) is 4.45. The first-order chi connectivity index (χ1) is 9.88. The van der Waals surface area contributed by atoms with Crippen molar-refractivity contribution >= 4 is 28.9 Å². The van der Waals surface area contributed by atoms with Crippen LogP contribution in [0, 0.1) is 12.3 Å². The van der Waals surface area contributed by atoms with E-state index >= 15 is 0 Å². The van der Waals surface area contributed by atoms with Crippen LogP contribution in [0.4, 0.5) is 5.69 Å². The molecule has 2 aromatic rings. The van der Waals surface area contributed by atoms with Crippen molar-refractivity contribution in [3.05, 3.63) is 57.3 Å². The monoisotopic (exact) mass is 320 g/mol. The zero-order chi connectivity index (χ0) is 15.2. The van der Waals surface area contributed by atoms with E-state index in [0.29, 0.717) is 10.3 Å². The lowest BCUT2D eigenvalue weighted by molar-refractivity contribution is 0.337. The number of aromatic nitrogens is 1. The highest BCUT2D eigenvalue weighted by Crippen LogP contribution is 2.47. The van der Waals surface area contributed by atoms with E-state index in [1.54, 1.807) is 0 Å². The maximum absolute atomic E-state index is 6.28. The highest BCUT2D eigenvalue weighted by atomic mass is 35.5. The largest absolute Gasteiger partial charge is 0.375 e. The minimum atomic E-state index is 0.124. The molecular formula is C17H18Cl2N2. The lowest BCUT2D eigenvalue weighted by atomic mass is 9.85. The summed E-state index contributed by atoms with van der Waals surface area (Å²) in [6.45, 7) is 6.55. The lowest BCUT2D eigenvalue weighted by Gasteiger charge is -2.30. The number of rotatable bonds is 2. The number of fused-ring (bicyclic) bond motifs is 1. The van der Waals surface area contributed by atoms with Crippen molar-refractivity contribution in [1.29, 1.82) is 0 Å². The van der Waals surface area contributed by atoms with E-state index in [0.717, 1.165) is 17.7 Å².